The highest BCUT2D eigenvalue weighted by atomic mass is 32.2. The fraction of sp³-hybridized carbons (Fsp3) is 0.417. The molecule has 0 saturated heterocycles. The van der Waals surface area contributed by atoms with Crippen molar-refractivity contribution in [3.63, 3.8) is 0 Å². The van der Waals surface area contributed by atoms with E-state index in [-0.39, 0.29) is 24.2 Å². The van der Waals surface area contributed by atoms with E-state index in [0.717, 1.165) is 5.56 Å². The minimum atomic E-state index is -0.297. The number of thioether (sulfide) groups is 1. The highest BCUT2D eigenvalue weighted by Crippen LogP contribution is 2.24. The lowest BCUT2D eigenvalue weighted by molar-refractivity contribution is -0.140. The number of ether oxygens (including phenoxy) is 1. The number of carbonyl (C=O) groups is 1. The maximum atomic E-state index is 13.6. The first-order valence-corrected chi connectivity index (χ1v) is 6.27. The Morgan fingerprint density at radius 2 is 2.29 bits per heavy atom. The average Bonchev–Trinajstić information content (AvgIpc) is 2.30. The first-order chi connectivity index (χ1) is 8.04. The molecular weight excluding hydrogens is 241 g/mol. The summed E-state index contributed by atoms with van der Waals surface area (Å²) in [6.07, 6.45) is 0.273. The van der Waals surface area contributed by atoms with E-state index in [9.17, 15) is 9.18 Å². The molecule has 1 aromatic rings. The molecule has 0 aromatic heterocycles. The van der Waals surface area contributed by atoms with Gasteiger partial charge in [-0.15, -0.1) is 11.8 Å². The Bertz CT molecular complexity index is 396. The molecule has 0 fully saturated rings. The fourth-order valence-corrected chi connectivity index (χ4v) is 2.11. The molecular formula is C12H16FNO2S. The van der Waals surface area contributed by atoms with Crippen molar-refractivity contribution in [2.45, 2.75) is 24.3 Å². The second kappa shape index (κ2) is 6.61. The molecule has 17 heavy (non-hydrogen) atoms. The fourth-order valence-electron chi connectivity index (χ4n) is 1.26. The summed E-state index contributed by atoms with van der Waals surface area (Å²) in [7, 11) is 1.34. The standard InChI is InChI=1S/C12H16FNO2S/c1-8(14)9-3-4-11(10(13)7-9)17-6-5-12(15)16-2/h3-4,7-8H,5-6,14H2,1-2H3/t8-/m1/s1. The third kappa shape index (κ3) is 4.36. The van der Waals surface area contributed by atoms with E-state index >= 15 is 0 Å². The minimum absolute atomic E-state index is 0.182. The number of hydrogen-bond donors (Lipinski definition) is 1. The van der Waals surface area contributed by atoms with Gasteiger partial charge in [0.05, 0.1) is 13.5 Å². The Morgan fingerprint density at radius 3 is 2.82 bits per heavy atom. The van der Waals surface area contributed by atoms with Gasteiger partial charge in [0.25, 0.3) is 0 Å². The number of carbonyl (C=O) groups excluding carboxylic acids is 1. The summed E-state index contributed by atoms with van der Waals surface area (Å²) in [5.74, 6) is -0.0824. The molecule has 94 valence electrons. The molecule has 0 radical (unpaired) electrons. The summed E-state index contributed by atoms with van der Waals surface area (Å²) in [5, 5.41) is 0. The molecule has 3 nitrogen and oxygen atoms in total. The molecule has 0 heterocycles. The Morgan fingerprint density at radius 1 is 1.59 bits per heavy atom. The monoisotopic (exact) mass is 257 g/mol. The molecule has 1 atom stereocenters. The van der Waals surface area contributed by atoms with Crippen molar-refractivity contribution in [3.8, 4) is 0 Å². The van der Waals surface area contributed by atoms with Gasteiger partial charge in [-0.1, -0.05) is 6.07 Å². The predicted molar refractivity (Wildman–Crippen MR) is 66.4 cm³/mol. The van der Waals surface area contributed by atoms with Gasteiger partial charge >= 0.3 is 5.97 Å². The van der Waals surface area contributed by atoms with E-state index in [1.807, 2.05) is 0 Å². The number of benzene rings is 1. The van der Waals surface area contributed by atoms with Crippen LogP contribution in [0.25, 0.3) is 0 Å². The highest BCUT2D eigenvalue weighted by Gasteiger charge is 2.08. The average molecular weight is 257 g/mol. The Balaban J connectivity index is 2.57. The van der Waals surface area contributed by atoms with Crippen LogP contribution in [0.3, 0.4) is 0 Å². The summed E-state index contributed by atoms with van der Waals surface area (Å²) in [4.78, 5) is 11.4. The molecule has 1 aromatic carbocycles. The molecule has 0 saturated carbocycles. The maximum Gasteiger partial charge on any atom is 0.306 e. The van der Waals surface area contributed by atoms with Gasteiger partial charge in [0.1, 0.15) is 5.82 Å². The van der Waals surface area contributed by atoms with Crippen LogP contribution in [-0.4, -0.2) is 18.8 Å². The summed E-state index contributed by atoms with van der Waals surface area (Å²) >= 11 is 1.29. The van der Waals surface area contributed by atoms with Gasteiger partial charge in [0.15, 0.2) is 0 Å². The number of nitrogens with two attached hydrogens (primary N) is 1. The smallest absolute Gasteiger partial charge is 0.306 e. The molecule has 0 bridgehead atoms. The minimum Gasteiger partial charge on any atom is -0.469 e. The lowest BCUT2D eigenvalue weighted by Crippen LogP contribution is -2.05. The van der Waals surface area contributed by atoms with Crippen molar-refractivity contribution < 1.29 is 13.9 Å². The lowest BCUT2D eigenvalue weighted by Gasteiger charge is -2.08. The molecule has 0 aliphatic rings. The van der Waals surface area contributed by atoms with Gasteiger partial charge in [-0.05, 0) is 24.6 Å². The van der Waals surface area contributed by atoms with Crippen LogP contribution in [0.15, 0.2) is 23.1 Å². The predicted octanol–water partition coefficient (Wildman–Crippen LogP) is 2.50. The van der Waals surface area contributed by atoms with Gasteiger partial charge in [-0.2, -0.15) is 0 Å². The SMILES string of the molecule is COC(=O)CCSc1ccc([C@@H](C)N)cc1F. The summed E-state index contributed by atoms with van der Waals surface area (Å²) in [5.41, 5.74) is 6.42. The molecule has 2 N–H and O–H groups in total. The quantitative estimate of drug-likeness (QED) is 0.650. The lowest BCUT2D eigenvalue weighted by atomic mass is 10.1. The van der Waals surface area contributed by atoms with E-state index in [1.165, 1.54) is 24.9 Å². The number of rotatable bonds is 5. The van der Waals surface area contributed by atoms with Gasteiger partial charge in [0.2, 0.25) is 0 Å². The van der Waals surface area contributed by atoms with Crippen LogP contribution in [0.5, 0.6) is 0 Å². The Kier molecular flexibility index (Phi) is 5.44. The van der Waals surface area contributed by atoms with Crippen LogP contribution in [0, 0.1) is 5.82 Å². The molecule has 1 rings (SSSR count). The number of esters is 1. The van der Waals surface area contributed by atoms with Crippen molar-refractivity contribution >= 4 is 17.7 Å². The molecule has 0 unspecified atom stereocenters. The van der Waals surface area contributed by atoms with Crippen molar-refractivity contribution in [1.29, 1.82) is 0 Å². The molecule has 0 amide bonds. The van der Waals surface area contributed by atoms with Crippen LogP contribution < -0.4 is 5.73 Å². The van der Waals surface area contributed by atoms with E-state index in [2.05, 4.69) is 4.74 Å². The zero-order valence-electron chi connectivity index (χ0n) is 9.90. The molecule has 5 heteroatoms. The van der Waals surface area contributed by atoms with Gasteiger partial charge in [0, 0.05) is 16.7 Å². The zero-order chi connectivity index (χ0) is 12.8. The first-order valence-electron chi connectivity index (χ1n) is 5.29. The van der Waals surface area contributed by atoms with Crippen molar-refractivity contribution in [2.24, 2.45) is 5.73 Å². The number of methoxy groups -OCH3 is 1. The van der Waals surface area contributed by atoms with Gasteiger partial charge < -0.3 is 10.5 Å². The third-order valence-electron chi connectivity index (χ3n) is 2.27. The van der Waals surface area contributed by atoms with E-state index in [4.69, 9.17) is 5.73 Å². The zero-order valence-corrected chi connectivity index (χ0v) is 10.7. The number of hydrogen-bond acceptors (Lipinski definition) is 4. The molecule has 0 aliphatic carbocycles. The van der Waals surface area contributed by atoms with Crippen LogP contribution >= 0.6 is 11.8 Å². The van der Waals surface area contributed by atoms with Gasteiger partial charge in [-0.25, -0.2) is 4.39 Å². The summed E-state index contributed by atoms with van der Waals surface area (Å²) in [6, 6.07) is 4.74. The maximum absolute atomic E-state index is 13.6. The van der Waals surface area contributed by atoms with Crippen LogP contribution in [0.4, 0.5) is 4.39 Å². The molecule has 0 spiro atoms. The van der Waals surface area contributed by atoms with Crippen molar-refractivity contribution in [1.82, 2.24) is 0 Å². The Labute approximate surface area is 105 Å². The summed E-state index contributed by atoms with van der Waals surface area (Å²) < 4.78 is 18.1. The first kappa shape index (κ1) is 14.0. The van der Waals surface area contributed by atoms with Crippen LogP contribution in [0.1, 0.15) is 24.9 Å². The largest absolute Gasteiger partial charge is 0.469 e. The molecule has 0 aliphatic heterocycles. The van der Waals surface area contributed by atoms with Crippen LogP contribution in [-0.2, 0) is 9.53 Å². The van der Waals surface area contributed by atoms with Crippen molar-refractivity contribution in [3.05, 3.63) is 29.6 Å². The third-order valence-corrected chi connectivity index (χ3v) is 3.32. The van der Waals surface area contributed by atoms with Crippen LogP contribution in [0.2, 0.25) is 0 Å². The number of halogens is 1. The van der Waals surface area contributed by atoms with Gasteiger partial charge in [-0.3, -0.25) is 4.79 Å². The second-order valence-electron chi connectivity index (χ2n) is 3.65. The highest BCUT2D eigenvalue weighted by molar-refractivity contribution is 7.99. The van der Waals surface area contributed by atoms with E-state index in [0.29, 0.717) is 10.6 Å². The van der Waals surface area contributed by atoms with E-state index in [1.54, 1.807) is 19.1 Å². The topological polar surface area (TPSA) is 52.3 Å². The Hall–Kier alpha value is -1.07. The van der Waals surface area contributed by atoms with E-state index < -0.39 is 0 Å². The normalized spacial score (nSPS) is 12.2. The van der Waals surface area contributed by atoms with Crippen molar-refractivity contribution in [2.75, 3.05) is 12.9 Å². The summed E-state index contributed by atoms with van der Waals surface area (Å²) in [6.45, 7) is 1.80. The second-order valence-corrected chi connectivity index (χ2v) is 4.79.